The maximum Gasteiger partial charge on any atom is 0.109 e. The molecule has 0 radical (unpaired) electrons. The molecule has 2 rings (SSSR count). The summed E-state index contributed by atoms with van der Waals surface area (Å²) in [5.41, 5.74) is 2.82. The molecule has 1 aliphatic heterocycles. The van der Waals surface area contributed by atoms with Crippen molar-refractivity contribution < 1.29 is 4.48 Å². The van der Waals surface area contributed by atoms with Crippen molar-refractivity contribution in [3.05, 3.63) is 41.6 Å². The number of nitrogens with zero attached hydrogens (tertiary/aromatic N) is 1. The van der Waals surface area contributed by atoms with Gasteiger partial charge in [0.15, 0.2) is 0 Å². The summed E-state index contributed by atoms with van der Waals surface area (Å²) in [7, 11) is 4.43. The summed E-state index contributed by atoms with van der Waals surface area (Å²) in [6.45, 7) is 1.10. The molecule has 1 aliphatic rings. The SMILES string of the molecule is C[N+]1(C)C=Cc2ccccc2C1. The number of hydrogen-bond acceptors (Lipinski definition) is 0. The van der Waals surface area contributed by atoms with Crippen LogP contribution >= 0.6 is 0 Å². The minimum absolute atomic E-state index is 0.955. The number of fused-ring (bicyclic) bond motifs is 1. The lowest BCUT2D eigenvalue weighted by Crippen LogP contribution is -2.34. The lowest BCUT2D eigenvalue weighted by molar-refractivity contribution is -0.852. The standard InChI is InChI=1S/C11H14N/c1-12(2)8-7-10-5-3-4-6-11(10)9-12/h3-8H,9H2,1-2H3/q+1. The van der Waals surface area contributed by atoms with Crippen molar-refractivity contribution >= 4 is 6.08 Å². The summed E-state index contributed by atoms with van der Waals surface area (Å²) < 4.78 is 0.955. The fraction of sp³-hybridized carbons (Fsp3) is 0.273. The van der Waals surface area contributed by atoms with Gasteiger partial charge >= 0.3 is 0 Å². The molecule has 0 fully saturated rings. The third kappa shape index (κ3) is 1.28. The fourth-order valence-corrected chi connectivity index (χ4v) is 1.61. The quantitative estimate of drug-likeness (QED) is 0.511. The van der Waals surface area contributed by atoms with E-state index in [-0.39, 0.29) is 0 Å². The zero-order valence-corrected chi connectivity index (χ0v) is 7.62. The van der Waals surface area contributed by atoms with Gasteiger partial charge in [0.05, 0.1) is 20.3 Å². The Labute approximate surface area is 73.5 Å². The summed E-state index contributed by atoms with van der Waals surface area (Å²) in [5.74, 6) is 0. The Morgan fingerprint density at radius 3 is 2.75 bits per heavy atom. The van der Waals surface area contributed by atoms with Crippen LogP contribution in [-0.4, -0.2) is 18.6 Å². The first-order valence-electron chi connectivity index (χ1n) is 4.27. The van der Waals surface area contributed by atoms with E-state index in [1.165, 1.54) is 11.1 Å². The van der Waals surface area contributed by atoms with E-state index in [0.29, 0.717) is 0 Å². The van der Waals surface area contributed by atoms with Crippen molar-refractivity contribution in [1.82, 2.24) is 0 Å². The van der Waals surface area contributed by atoms with E-state index in [1.54, 1.807) is 0 Å². The minimum atomic E-state index is 0.955. The van der Waals surface area contributed by atoms with Crippen LogP contribution in [0.5, 0.6) is 0 Å². The molecule has 1 aromatic rings. The van der Waals surface area contributed by atoms with E-state index < -0.39 is 0 Å². The van der Waals surface area contributed by atoms with Gasteiger partial charge in [0, 0.05) is 5.56 Å². The first-order valence-corrected chi connectivity index (χ1v) is 4.27. The van der Waals surface area contributed by atoms with Gasteiger partial charge in [-0.3, -0.25) is 4.48 Å². The van der Waals surface area contributed by atoms with E-state index in [9.17, 15) is 0 Å². The van der Waals surface area contributed by atoms with Gasteiger partial charge in [0.2, 0.25) is 0 Å². The maximum atomic E-state index is 2.24. The molecule has 0 saturated heterocycles. The monoisotopic (exact) mass is 160 g/mol. The molecule has 0 amide bonds. The van der Waals surface area contributed by atoms with E-state index in [2.05, 4.69) is 50.6 Å². The van der Waals surface area contributed by atoms with Crippen molar-refractivity contribution in [1.29, 1.82) is 0 Å². The molecule has 0 unspecified atom stereocenters. The molecule has 12 heavy (non-hydrogen) atoms. The molecule has 1 aromatic carbocycles. The predicted molar refractivity (Wildman–Crippen MR) is 51.3 cm³/mol. The third-order valence-corrected chi connectivity index (χ3v) is 2.29. The van der Waals surface area contributed by atoms with Crippen LogP contribution in [0.4, 0.5) is 0 Å². The van der Waals surface area contributed by atoms with Crippen LogP contribution in [0.2, 0.25) is 0 Å². The molecule has 62 valence electrons. The summed E-state index contributed by atoms with van der Waals surface area (Å²) in [5, 5.41) is 0. The Kier molecular flexibility index (Phi) is 1.55. The molecule has 0 aromatic heterocycles. The molecule has 0 atom stereocenters. The van der Waals surface area contributed by atoms with Crippen molar-refractivity contribution in [2.45, 2.75) is 6.54 Å². The van der Waals surface area contributed by atoms with Crippen molar-refractivity contribution in [2.24, 2.45) is 0 Å². The van der Waals surface area contributed by atoms with Crippen LogP contribution < -0.4 is 0 Å². The van der Waals surface area contributed by atoms with E-state index in [0.717, 1.165) is 11.0 Å². The van der Waals surface area contributed by atoms with Gasteiger partial charge in [0.25, 0.3) is 0 Å². The third-order valence-electron chi connectivity index (χ3n) is 2.29. The van der Waals surface area contributed by atoms with Crippen molar-refractivity contribution in [2.75, 3.05) is 14.1 Å². The van der Waals surface area contributed by atoms with Crippen LogP contribution in [0.1, 0.15) is 11.1 Å². The predicted octanol–water partition coefficient (Wildman–Crippen LogP) is 2.25. The topological polar surface area (TPSA) is 0 Å². The van der Waals surface area contributed by atoms with Gasteiger partial charge < -0.3 is 0 Å². The van der Waals surface area contributed by atoms with E-state index in [1.807, 2.05) is 0 Å². The second kappa shape index (κ2) is 2.46. The zero-order valence-electron chi connectivity index (χ0n) is 7.62. The lowest BCUT2D eigenvalue weighted by atomic mass is 10.0. The molecule has 1 heteroatoms. The zero-order chi connectivity index (χ0) is 8.60. The van der Waals surface area contributed by atoms with Crippen molar-refractivity contribution in [3.63, 3.8) is 0 Å². The highest BCUT2D eigenvalue weighted by atomic mass is 15.3. The summed E-state index contributed by atoms with van der Waals surface area (Å²) in [6.07, 6.45) is 4.45. The van der Waals surface area contributed by atoms with Gasteiger partial charge in [-0.15, -0.1) is 0 Å². The first kappa shape index (κ1) is 7.56. The van der Waals surface area contributed by atoms with Gasteiger partial charge in [-0.1, -0.05) is 24.3 Å². The summed E-state index contributed by atoms with van der Waals surface area (Å²) in [4.78, 5) is 0. The second-order valence-electron chi connectivity index (χ2n) is 3.95. The van der Waals surface area contributed by atoms with Crippen LogP contribution in [0.15, 0.2) is 30.5 Å². The first-order chi connectivity index (χ1) is 5.67. The van der Waals surface area contributed by atoms with Crippen LogP contribution in [0.3, 0.4) is 0 Å². The van der Waals surface area contributed by atoms with Crippen molar-refractivity contribution in [3.8, 4) is 0 Å². The molecule has 0 N–H and O–H groups in total. The normalized spacial score (nSPS) is 18.8. The summed E-state index contributed by atoms with van der Waals surface area (Å²) in [6, 6.07) is 8.58. The molecule has 1 nitrogen and oxygen atoms in total. The van der Waals surface area contributed by atoms with Crippen LogP contribution in [-0.2, 0) is 6.54 Å². The van der Waals surface area contributed by atoms with Crippen LogP contribution in [0, 0.1) is 0 Å². The Balaban J connectivity index is 2.46. The van der Waals surface area contributed by atoms with E-state index in [4.69, 9.17) is 0 Å². The maximum absolute atomic E-state index is 2.24. The Morgan fingerprint density at radius 2 is 1.92 bits per heavy atom. The fourth-order valence-electron chi connectivity index (χ4n) is 1.61. The number of hydrogen-bond donors (Lipinski definition) is 0. The molecule has 0 bridgehead atoms. The Bertz CT molecular complexity index is 324. The highest BCUT2D eigenvalue weighted by Gasteiger charge is 2.18. The highest BCUT2D eigenvalue weighted by Crippen LogP contribution is 2.21. The lowest BCUT2D eigenvalue weighted by Gasteiger charge is -2.28. The van der Waals surface area contributed by atoms with Gasteiger partial charge in [-0.25, -0.2) is 0 Å². The molecule has 0 saturated carbocycles. The molecule has 0 spiro atoms. The largest absolute Gasteiger partial charge is 0.298 e. The smallest absolute Gasteiger partial charge is 0.109 e. The average molecular weight is 160 g/mol. The Morgan fingerprint density at radius 1 is 1.17 bits per heavy atom. The Hall–Kier alpha value is -1.08. The van der Waals surface area contributed by atoms with Crippen LogP contribution in [0.25, 0.3) is 6.08 Å². The highest BCUT2D eigenvalue weighted by molar-refractivity contribution is 5.53. The average Bonchev–Trinajstić information content (AvgIpc) is 2.02. The number of benzene rings is 1. The number of quaternary nitrogens is 1. The van der Waals surface area contributed by atoms with Gasteiger partial charge in [-0.2, -0.15) is 0 Å². The molecular weight excluding hydrogens is 146 g/mol. The molecule has 1 heterocycles. The second-order valence-corrected chi connectivity index (χ2v) is 3.95. The van der Waals surface area contributed by atoms with Gasteiger partial charge in [-0.05, 0) is 11.6 Å². The number of rotatable bonds is 0. The summed E-state index contributed by atoms with van der Waals surface area (Å²) >= 11 is 0. The van der Waals surface area contributed by atoms with E-state index >= 15 is 0 Å². The molecular formula is C11H14N+. The minimum Gasteiger partial charge on any atom is -0.298 e. The molecule has 0 aliphatic carbocycles. The van der Waals surface area contributed by atoms with Gasteiger partial charge in [0.1, 0.15) is 6.54 Å².